The largest absolute Gasteiger partial charge is 0.349 e. The highest BCUT2D eigenvalue weighted by molar-refractivity contribution is 8.13. The van der Waals surface area contributed by atoms with Crippen molar-refractivity contribution in [3.05, 3.63) is 29.3 Å². The molecule has 98 valence electrons. The van der Waals surface area contributed by atoms with E-state index >= 15 is 0 Å². The van der Waals surface area contributed by atoms with E-state index in [1.54, 1.807) is 6.92 Å². The van der Waals surface area contributed by atoms with Gasteiger partial charge in [0.1, 0.15) is 0 Å². The van der Waals surface area contributed by atoms with Crippen molar-refractivity contribution in [3.63, 3.8) is 0 Å². The molecule has 1 fully saturated rings. The summed E-state index contributed by atoms with van der Waals surface area (Å²) in [6, 6.07) is 4.49. The SMILES string of the molecule is Cc1cc(S(=O)(=O)Cl)ccc1C(=O)NC1CC1C. The number of benzene rings is 1. The fraction of sp³-hybridized carbons (Fsp3) is 0.417. The van der Waals surface area contributed by atoms with Crippen LogP contribution in [-0.4, -0.2) is 20.4 Å². The molecule has 0 heterocycles. The van der Waals surface area contributed by atoms with Crippen molar-refractivity contribution in [1.29, 1.82) is 0 Å². The number of aryl methyl sites for hydroxylation is 1. The van der Waals surface area contributed by atoms with Crippen LogP contribution in [0.2, 0.25) is 0 Å². The quantitative estimate of drug-likeness (QED) is 0.866. The fourth-order valence-corrected chi connectivity index (χ4v) is 2.65. The summed E-state index contributed by atoms with van der Waals surface area (Å²) in [7, 11) is 1.50. The molecule has 1 aromatic rings. The molecule has 0 aliphatic heterocycles. The number of hydrogen-bond acceptors (Lipinski definition) is 3. The molecule has 1 N–H and O–H groups in total. The van der Waals surface area contributed by atoms with Crippen LogP contribution in [0, 0.1) is 12.8 Å². The van der Waals surface area contributed by atoms with Gasteiger partial charge in [-0.15, -0.1) is 0 Å². The molecule has 0 spiro atoms. The fourth-order valence-electron chi connectivity index (χ4n) is 1.81. The summed E-state index contributed by atoms with van der Waals surface area (Å²) in [5, 5.41) is 2.90. The summed E-state index contributed by atoms with van der Waals surface area (Å²) in [5.41, 5.74) is 1.08. The third-order valence-corrected chi connectivity index (χ3v) is 4.50. The number of carbonyl (C=O) groups is 1. The third kappa shape index (κ3) is 2.84. The number of nitrogens with one attached hydrogen (secondary N) is 1. The van der Waals surface area contributed by atoms with Crippen LogP contribution in [0.4, 0.5) is 0 Å². The van der Waals surface area contributed by atoms with Crippen LogP contribution in [0.3, 0.4) is 0 Å². The van der Waals surface area contributed by atoms with Crippen molar-refractivity contribution < 1.29 is 13.2 Å². The first-order valence-electron chi connectivity index (χ1n) is 5.65. The van der Waals surface area contributed by atoms with E-state index in [9.17, 15) is 13.2 Å². The van der Waals surface area contributed by atoms with E-state index in [1.807, 2.05) is 0 Å². The Morgan fingerprint density at radius 3 is 2.50 bits per heavy atom. The first-order chi connectivity index (χ1) is 8.29. The number of amides is 1. The summed E-state index contributed by atoms with van der Waals surface area (Å²) in [5.74, 6) is 0.358. The van der Waals surface area contributed by atoms with E-state index < -0.39 is 9.05 Å². The zero-order chi connectivity index (χ0) is 13.5. The molecule has 1 aliphatic carbocycles. The van der Waals surface area contributed by atoms with Crippen molar-refractivity contribution >= 4 is 25.6 Å². The Kier molecular flexibility index (Phi) is 3.38. The topological polar surface area (TPSA) is 63.2 Å². The van der Waals surface area contributed by atoms with Gasteiger partial charge < -0.3 is 5.32 Å². The Bertz CT molecular complexity index is 597. The molecule has 1 aliphatic rings. The van der Waals surface area contributed by atoms with Gasteiger partial charge in [0, 0.05) is 22.3 Å². The second kappa shape index (κ2) is 4.55. The molecule has 2 unspecified atom stereocenters. The van der Waals surface area contributed by atoms with Crippen LogP contribution in [0.1, 0.15) is 29.3 Å². The molecule has 1 amide bonds. The normalized spacial score (nSPS) is 22.6. The molecule has 0 saturated heterocycles. The molecule has 6 heteroatoms. The maximum Gasteiger partial charge on any atom is 0.261 e. The summed E-state index contributed by atoms with van der Waals surface area (Å²) in [6.45, 7) is 3.76. The lowest BCUT2D eigenvalue weighted by Gasteiger charge is -2.08. The molecule has 4 nitrogen and oxygen atoms in total. The lowest BCUT2D eigenvalue weighted by molar-refractivity contribution is 0.0948. The molecule has 1 aromatic carbocycles. The Morgan fingerprint density at radius 1 is 1.44 bits per heavy atom. The van der Waals surface area contributed by atoms with Crippen LogP contribution < -0.4 is 5.32 Å². The van der Waals surface area contributed by atoms with Gasteiger partial charge in [0.05, 0.1) is 4.90 Å². The van der Waals surface area contributed by atoms with E-state index in [1.165, 1.54) is 18.2 Å². The molecule has 0 bridgehead atoms. The number of carbonyl (C=O) groups excluding carboxylic acids is 1. The molecule has 0 radical (unpaired) electrons. The minimum Gasteiger partial charge on any atom is -0.349 e. The van der Waals surface area contributed by atoms with Crippen molar-refractivity contribution in [2.45, 2.75) is 31.2 Å². The molecule has 1 saturated carbocycles. The smallest absolute Gasteiger partial charge is 0.261 e. The Morgan fingerprint density at radius 2 is 2.06 bits per heavy atom. The molecule has 18 heavy (non-hydrogen) atoms. The van der Waals surface area contributed by atoms with Crippen molar-refractivity contribution in [1.82, 2.24) is 5.32 Å². The van der Waals surface area contributed by atoms with Crippen LogP contribution in [0.5, 0.6) is 0 Å². The molecule has 2 rings (SSSR count). The molecular formula is C12H14ClNO3S. The lowest BCUT2D eigenvalue weighted by Crippen LogP contribution is -2.27. The Labute approximate surface area is 111 Å². The van der Waals surface area contributed by atoms with Gasteiger partial charge in [0.2, 0.25) is 0 Å². The van der Waals surface area contributed by atoms with E-state index in [-0.39, 0.29) is 16.8 Å². The van der Waals surface area contributed by atoms with Gasteiger partial charge in [-0.25, -0.2) is 8.42 Å². The highest BCUT2D eigenvalue weighted by atomic mass is 35.7. The van der Waals surface area contributed by atoms with Crippen molar-refractivity contribution in [2.75, 3.05) is 0 Å². The highest BCUT2D eigenvalue weighted by Gasteiger charge is 2.34. The molecule has 2 atom stereocenters. The number of rotatable bonds is 3. The Hall–Kier alpha value is -1.07. The maximum atomic E-state index is 11.9. The predicted molar refractivity (Wildman–Crippen MR) is 69.3 cm³/mol. The van der Waals surface area contributed by atoms with Crippen molar-refractivity contribution in [2.24, 2.45) is 5.92 Å². The molecule has 0 aromatic heterocycles. The van der Waals surface area contributed by atoms with Gasteiger partial charge >= 0.3 is 0 Å². The van der Waals surface area contributed by atoms with Crippen LogP contribution in [-0.2, 0) is 9.05 Å². The van der Waals surface area contributed by atoms with E-state index in [0.29, 0.717) is 17.0 Å². The zero-order valence-corrected chi connectivity index (χ0v) is 11.7. The first kappa shape index (κ1) is 13.4. The monoisotopic (exact) mass is 287 g/mol. The summed E-state index contributed by atoms with van der Waals surface area (Å²) < 4.78 is 22.3. The van der Waals surface area contributed by atoms with Gasteiger partial charge in [-0.05, 0) is 43.0 Å². The molecular weight excluding hydrogens is 274 g/mol. The van der Waals surface area contributed by atoms with Gasteiger partial charge in [-0.1, -0.05) is 6.92 Å². The van der Waals surface area contributed by atoms with Gasteiger partial charge in [-0.3, -0.25) is 4.79 Å². The number of hydrogen-bond donors (Lipinski definition) is 1. The second-order valence-electron chi connectivity index (χ2n) is 4.71. The van der Waals surface area contributed by atoms with Crippen molar-refractivity contribution in [3.8, 4) is 0 Å². The number of halogens is 1. The average Bonchev–Trinajstić information content (AvgIpc) is 2.92. The maximum absolute atomic E-state index is 11.9. The standard InChI is InChI=1S/C12H14ClNO3S/c1-7-5-9(18(13,16)17)3-4-10(7)12(15)14-11-6-8(11)2/h3-5,8,11H,6H2,1-2H3,(H,14,15). The summed E-state index contributed by atoms with van der Waals surface area (Å²) in [6.07, 6.45) is 0.999. The van der Waals surface area contributed by atoms with E-state index in [2.05, 4.69) is 12.2 Å². The third-order valence-electron chi connectivity index (χ3n) is 3.15. The van der Waals surface area contributed by atoms with E-state index in [4.69, 9.17) is 10.7 Å². The van der Waals surface area contributed by atoms with Crippen LogP contribution in [0.15, 0.2) is 23.1 Å². The summed E-state index contributed by atoms with van der Waals surface area (Å²) in [4.78, 5) is 11.9. The van der Waals surface area contributed by atoms with Gasteiger partial charge in [-0.2, -0.15) is 0 Å². The lowest BCUT2D eigenvalue weighted by atomic mass is 10.1. The highest BCUT2D eigenvalue weighted by Crippen LogP contribution is 2.29. The van der Waals surface area contributed by atoms with Crippen LogP contribution in [0.25, 0.3) is 0 Å². The zero-order valence-electron chi connectivity index (χ0n) is 10.1. The predicted octanol–water partition coefficient (Wildman–Crippen LogP) is 2.06. The summed E-state index contributed by atoms with van der Waals surface area (Å²) >= 11 is 0. The van der Waals surface area contributed by atoms with Crippen LogP contribution >= 0.6 is 10.7 Å². The minimum absolute atomic E-state index is 0.0120. The minimum atomic E-state index is -3.75. The average molecular weight is 288 g/mol. The Balaban J connectivity index is 2.22. The van der Waals surface area contributed by atoms with Gasteiger partial charge in [0.15, 0.2) is 0 Å². The first-order valence-corrected chi connectivity index (χ1v) is 7.96. The van der Waals surface area contributed by atoms with E-state index in [0.717, 1.165) is 6.42 Å². The second-order valence-corrected chi connectivity index (χ2v) is 7.27. The van der Waals surface area contributed by atoms with Gasteiger partial charge in [0.25, 0.3) is 15.0 Å².